The molecule has 1 N–H and O–H groups in total. The van der Waals surface area contributed by atoms with E-state index in [1.807, 2.05) is 19.2 Å². The SMILES string of the molecule is CC1(C)CC(=O)c2sc(NC(=O)CCC(=O)CCC(=O)c3cccs3)nc2C1. The number of carbonyl (C=O) groups excluding carboxylic acids is 4. The first-order chi connectivity index (χ1) is 13.2. The largest absolute Gasteiger partial charge is 0.302 e. The summed E-state index contributed by atoms with van der Waals surface area (Å²) in [5.74, 6) is -0.408. The second-order valence-corrected chi connectivity index (χ2v) is 9.67. The Bertz CT molecular complexity index is 913. The molecule has 0 aromatic carbocycles. The number of fused-ring (bicyclic) bond motifs is 1. The van der Waals surface area contributed by atoms with Gasteiger partial charge >= 0.3 is 0 Å². The monoisotopic (exact) mass is 418 g/mol. The maximum atomic E-state index is 12.2. The molecular weight excluding hydrogens is 396 g/mol. The Kier molecular flexibility index (Phi) is 6.20. The molecule has 0 saturated heterocycles. The first-order valence-electron chi connectivity index (χ1n) is 9.15. The lowest BCUT2D eigenvalue weighted by Gasteiger charge is -2.26. The molecule has 2 aromatic rings. The maximum Gasteiger partial charge on any atom is 0.226 e. The number of Topliss-reactive ketones (excluding diaryl/α,β-unsaturated/α-hetero) is 3. The van der Waals surface area contributed by atoms with Gasteiger partial charge in [0.1, 0.15) is 5.78 Å². The molecule has 28 heavy (non-hydrogen) atoms. The van der Waals surface area contributed by atoms with Crippen LogP contribution in [0.2, 0.25) is 0 Å². The second-order valence-electron chi connectivity index (χ2n) is 7.72. The van der Waals surface area contributed by atoms with Crippen molar-refractivity contribution in [3.63, 3.8) is 0 Å². The fourth-order valence-electron chi connectivity index (χ4n) is 3.15. The van der Waals surface area contributed by atoms with Crippen LogP contribution in [0.4, 0.5) is 5.13 Å². The lowest BCUT2D eigenvalue weighted by Crippen LogP contribution is -2.26. The molecule has 1 aliphatic rings. The molecule has 2 heterocycles. The minimum absolute atomic E-state index is 0.0374. The van der Waals surface area contributed by atoms with Crippen molar-refractivity contribution in [2.45, 2.75) is 52.4 Å². The van der Waals surface area contributed by atoms with Crippen LogP contribution in [0.5, 0.6) is 0 Å². The predicted octanol–water partition coefficient (Wildman–Crippen LogP) is 4.31. The van der Waals surface area contributed by atoms with Crippen LogP contribution >= 0.6 is 22.7 Å². The molecule has 3 rings (SSSR count). The molecule has 6 nitrogen and oxygen atoms in total. The molecule has 0 saturated carbocycles. The lowest BCUT2D eigenvalue weighted by molar-refractivity contribution is -0.122. The molecule has 0 fully saturated rings. The number of nitrogens with one attached hydrogen (secondary N) is 1. The van der Waals surface area contributed by atoms with Gasteiger partial charge in [-0.25, -0.2) is 4.98 Å². The highest BCUT2D eigenvalue weighted by Crippen LogP contribution is 2.38. The number of hydrogen-bond acceptors (Lipinski definition) is 7. The van der Waals surface area contributed by atoms with Crippen LogP contribution in [0.25, 0.3) is 0 Å². The first kappa shape index (κ1) is 20.5. The van der Waals surface area contributed by atoms with E-state index in [1.54, 1.807) is 12.1 Å². The third-order valence-electron chi connectivity index (χ3n) is 4.54. The van der Waals surface area contributed by atoms with Crippen molar-refractivity contribution >= 4 is 51.1 Å². The zero-order valence-electron chi connectivity index (χ0n) is 15.9. The van der Waals surface area contributed by atoms with Gasteiger partial charge in [-0.2, -0.15) is 0 Å². The van der Waals surface area contributed by atoms with E-state index >= 15 is 0 Å². The summed E-state index contributed by atoms with van der Waals surface area (Å²) in [7, 11) is 0. The summed E-state index contributed by atoms with van der Waals surface area (Å²) < 4.78 is 0. The summed E-state index contributed by atoms with van der Waals surface area (Å²) in [4.78, 5) is 53.9. The zero-order chi connectivity index (χ0) is 20.3. The van der Waals surface area contributed by atoms with E-state index in [2.05, 4.69) is 10.3 Å². The number of anilines is 1. The number of ketones is 3. The smallest absolute Gasteiger partial charge is 0.226 e. The van der Waals surface area contributed by atoms with E-state index < -0.39 is 0 Å². The van der Waals surface area contributed by atoms with E-state index in [4.69, 9.17) is 0 Å². The van der Waals surface area contributed by atoms with E-state index in [0.717, 1.165) is 5.69 Å². The minimum Gasteiger partial charge on any atom is -0.302 e. The van der Waals surface area contributed by atoms with Crippen LogP contribution < -0.4 is 5.32 Å². The average Bonchev–Trinajstić information content (AvgIpc) is 3.26. The Balaban J connectivity index is 1.45. The topological polar surface area (TPSA) is 93.2 Å². The Morgan fingerprint density at radius 2 is 1.89 bits per heavy atom. The molecule has 1 amide bonds. The molecule has 0 radical (unpaired) electrons. The molecule has 1 aliphatic carbocycles. The number of amides is 1. The van der Waals surface area contributed by atoms with Gasteiger partial charge in [-0.3, -0.25) is 19.2 Å². The third kappa shape index (κ3) is 5.20. The van der Waals surface area contributed by atoms with E-state index in [1.165, 1.54) is 22.7 Å². The number of carbonyl (C=O) groups is 4. The Morgan fingerprint density at radius 3 is 2.61 bits per heavy atom. The highest BCUT2D eigenvalue weighted by atomic mass is 32.1. The van der Waals surface area contributed by atoms with Gasteiger partial charge in [-0.05, 0) is 23.3 Å². The van der Waals surface area contributed by atoms with E-state index in [-0.39, 0.29) is 54.4 Å². The normalized spacial score (nSPS) is 15.1. The standard InChI is InChI=1S/C20H22N2O4S2/c1-20(2)10-13-18(15(25)11-20)28-19(21-13)22-17(26)8-6-12(23)5-7-14(24)16-4-3-9-27-16/h3-4,9H,5-8,10-11H2,1-2H3,(H,21,22,26). The number of thiophene rings is 1. The molecule has 8 heteroatoms. The molecule has 0 unspecified atom stereocenters. The number of hydrogen-bond donors (Lipinski definition) is 1. The summed E-state index contributed by atoms with van der Waals surface area (Å²) in [6.07, 6.45) is 1.61. The van der Waals surface area contributed by atoms with Crippen LogP contribution in [0.3, 0.4) is 0 Å². The van der Waals surface area contributed by atoms with Crippen molar-refractivity contribution in [2.24, 2.45) is 5.41 Å². The van der Waals surface area contributed by atoms with E-state index in [9.17, 15) is 19.2 Å². The van der Waals surface area contributed by atoms with E-state index in [0.29, 0.717) is 27.7 Å². The fraction of sp³-hybridized carbons (Fsp3) is 0.450. The molecule has 148 valence electrons. The van der Waals surface area contributed by atoms with Gasteiger partial charge in [0, 0.05) is 32.1 Å². The Morgan fingerprint density at radius 1 is 1.14 bits per heavy atom. The first-order valence-corrected chi connectivity index (χ1v) is 10.8. The summed E-state index contributed by atoms with van der Waals surface area (Å²) in [5.41, 5.74) is 0.622. The van der Waals surface area contributed by atoms with Crippen LogP contribution in [0.15, 0.2) is 17.5 Å². The molecule has 0 bridgehead atoms. The molecule has 0 aliphatic heterocycles. The summed E-state index contributed by atoms with van der Waals surface area (Å²) in [6.45, 7) is 4.06. The quantitative estimate of drug-likeness (QED) is 0.645. The molecule has 0 spiro atoms. The molecule has 0 atom stereocenters. The van der Waals surface area contributed by atoms with Gasteiger partial charge < -0.3 is 5.32 Å². The molecular formula is C20H22N2O4S2. The van der Waals surface area contributed by atoms with Crippen molar-refractivity contribution < 1.29 is 19.2 Å². The lowest BCUT2D eigenvalue weighted by atomic mass is 9.78. The van der Waals surface area contributed by atoms with Crippen molar-refractivity contribution in [3.05, 3.63) is 33.0 Å². The predicted molar refractivity (Wildman–Crippen MR) is 109 cm³/mol. The van der Waals surface area contributed by atoms with Gasteiger partial charge in [-0.1, -0.05) is 31.3 Å². The van der Waals surface area contributed by atoms with Crippen LogP contribution in [0.1, 0.15) is 71.0 Å². The molecule has 2 aromatic heterocycles. The van der Waals surface area contributed by atoms with Gasteiger partial charge in [0.2, 0.25) is 5.91 Å². The highest BCUT2D eigenvalue weighted by molar-refractivity contribution is 7.17. The summed E-state index contributed by atoms with van der Waals surface area (Å²) >= 11 is 2.56. The summed E-state index contributed by atoms with van der Waals surface area (Å²) in [5, 5.41) is 4.92. The van der Waals surface area contributed by atoms with Gasteiger partial charge in [0.15, 0.2) is 16.7 Å². The zero-order valence-corrected chi connectivity index (χ0v) is 17.5. The average molecular weight is 419 g/mol. The number of aromatic nitrogens is 1. The van der Waals surface area contributed by atoms with Crippen LogP contribution in [-0.4, -0.2) is 28.2 Å². The highest BCUT2D eigenvalue weighted by Gasteiger charge is 2.34. The fourth-order valence-corrected chi connectivity index (χ4v) is 4.78. The maximum absolute atomic E-state index is 12.2. The van der Waals surface area contributed by atoms with Crippen molar-refractivity contribution in [2.75, 3.05) is 5.32 Å². The van der Waals surface area contributed by atoms with Crippen molar-refractivity contribution in [3.8, 4) is 0 Å². The number of thiazole rings is 1. The Labute approximate surface area is 171 Å². The van der Waals surface area contributed by atoms with Crippen molar-refractivity contribution in [1.82, 2.24) is 4.98 Å². The number of nitrogens with zero attached hydrogens (tertiary/aromatic N) is 1. The van der Waals surface area contributed by atoms with Crippen LogP contribution in [0, 0.1) is 5.41 Å². The third-order valence-corrected chi connectivity index (χ3v) is 6.50. The van der Waals surface area contributed by atoms with Gasteiger partial charge in [0.25, 0.3) is 0 Å². The second kappa shape index (κ2) is 8.45. The number of rotatable bonds is 8. The van der Waals surface area contributed by atoms with Gasteiger partial charge in [-0.15, -0.1) is 11.3 Å². The minimum atomic E-state index is -0.310. The Hall–Kier alpha value is -2.19. The van der Waals surface area contributed by atoms with Gasteiger partial charge in [0.05, 0.1) is 15.4 Å². The van der Waals surface area contributed by atoms with Crippen LogP contribution in [-0.2, 0) is 16.0 Å². The summed E-state index contributed by atoms with van der Waals surface area (Å²) in [6, 6.07) is 3.54. The van der Waals surface area contributed by atoms with Crippen molar-refractivity contribution in [1.29, 1.82) is 0 Å².